The fourth-order valence-electron chi connectivity index (χ4n) is 2.20. The second-order valence-electron chi connectivity index (χ2n) is 4.40. The van der Waals surface area contributed by atoms with Crippen LogP contribution in [0.4, 0.5) is 0 Å². The Kier molecular flexibility index (Phi) is 3.03. The van der Waals surface area contributed by atoms with Crippen molar-refractivity contribution in [2.75, 3.05) is 0 Å². The molecule has 0 aliphatic heterocycles. The largest absolute Gasteiger partial charge is 0.317 e. The Labute approximate surface area is 106 Å². The van der Waals surface area contributed by atoms with Crippen molar-refractivity contribution in [2.45, 2.75) is 13.8 Å². The van der Waals surface area contributed by atoms with Gasteiger partial charge in [0.2, 0.25) is 0 Å². The van der Waals surface area contributed by atoms with Crippen molar-refractivity contribution in [3.05, 3.63) is 57.5 Å². The van der Waals surface area contributed by atoms with Gasteiger partial charge in [-0.15, -0.1) is 0 Å². The average molecular weight is 238 g/mol. The van der Waals surface area contributed by atoms with Crippen LogP contribution in [0.25, 0.3) is 11.1 Å². The maximum absolute atomic E-state index is 12.0. The minimum atomic E-state index is -0.249. The molecule has 0 saturated carbocycles. The van der Waals surface area contributed by atoms with E-state index in [-0.39, 0.29) is 11.1 Å². The van der Waals surface area contributed by atoms with E-state index < -0.39 is 0 Å². The molecular formula is C15H14N2O. The van der Waals surface area contributed by atoms with E-state index in [1.165, 1.54) is 4.57 Å². The van der Waals surface area contributed by atoms with Crippen LogP contribution in [0.3, 0.4) is 0 Å². The highest BCUT2D eigenvalue weighted by Gasteiger charge is 2.14. The number of nitrogens with zero attached hydrogens (tertiary/aromatic N) is 2. The van der Waals surface area contributed by atoms with Crippen LogP contribution in [0.1, 0.15) is 16.7 Å². The molecule has 0 spiro atoms. The molecule has 0 radical (unpaired) electrons. The fourth-order valence-corrected chi connectivity index (χ4v) is 2.20. The third-order valence-electron chi connectivity index (χ3n) is 3.09. The quantitative estimate of drug-likeness (QED) is 0.766. The molecule has 0 amide bonds. The molecule has 1 heterocycles. The Morgan fingerprint density at radius 2 is 1.83 bits per heavy atom. The van der Waals surface area contributed by atoms with E-state index >= 15 is 0 Å². The summed E-state index contributed by atoms with van der Waals surface area (Å²) in [5, 5.41) is 9.24. The molecule has 0 saturated heterocycles. The summed E-state index contributed by atoms with van der Waals surface area (Å²) < 4.78 is 1.45. The monoisotopic (exact) mass is 238 g/mol. The Morgan fingerprint density at radius 1 is 1.17 bits per heavy atom. The molecule has 1 aromatic carbocycles. The predicted octanol–water partition coefficient (Wildman–Crippen LogP) is 2.54. The second-order valence-corrected chi connectivity index (χ2v) is 4.40. The van der Waals surface area contributed by atoms with Crippen LogP contribution in [-0.2, 0) is 7.05 Å². The van der Waals surface area contributed by atoms with Gasteiger partial charge < -0.3 is 4.57 Å². The van der Waals surface area contributed by atoms with Crippen molar-refractivity contribution in [3.8, 4) is 17.2 Å². The third kappa shape index (κ3) is 1.82. The summed E-state index contributed by atoms with van der Waals surface area (Å²) in [6.07, 6.45) is 1.77. The van der Waals surface area contributed by atoms with Crippen molar-refractivity contribution in [3.63, 3.8) is 0 Å². The van der Waals surface area contributed by atoms with Crippen molar-refractivity contribution in [1.29, 1.82) is 5.26 Å². The minimum absolute atomic E-state index is 0.215. The number of hydrogen-bond donors (Lipinski definition) is 0. The summed E-state index contributed by atoms with van der Waals surface area (Å²) in [4.78, 5) is 12.0. The molecule has 0 N–H and O–H groups in total. The van der Waals surface area contributed by atoms with Crippen molar-refractivity contribution in [1.82, 2.24) is 4.57 Å². The highest BCUT2D eigenvalue weighted by Crippen LogP contribution is 2.27. The van der Waals surface area contributed by atoms with Crippen LogP contribution in [0.5, 0.6) is 0 Å². The zero-order valence-corrected chi connectivity index (χ0v) is 10.7. The Hall–Kier alpha value is -2.34. The SMILES string of the molecule is Cc1ccccc1-c1c(C)cn(C)c(=O)c1C#N. The van der Waals surface area contributed by atoms with Crippen LogP contribution < -0.4 is 5.56 Å². The Balaban J connectivity index is 2.89. The van der Waals surface area contributed by atoms with E-state index in [0.29, 0.717) is 0 Å². The summed E-state index contributed by atoms with van der Waals surface area (Å²) in [5.41, 5.74) is 3.66. The van der Waals surface area contributed by atoms with Crippen LogP contribution in [0.2, 0.25) is 0 Å². The lowest BCUT2D eigenvalue weighted by atomic mass is 9.94. The van der Waals surface area contributed by atoms with E-state index in [1.807, 2.05) is 44.2 Å². The number of rotatable bonds is 1. The number of aromatic nitrogens is 1. The Bertz CT molecular complexity index is 705. The van der Waals surface area contributed by atoms with E-state index in [9.17, 15) is 10.1 Å². The first-order valence-electron chi connectivity index (χ1n) is 5.72. The van der Waals surface area contributed by atoms with Crippen molar-refractivity contribution >= 4 is 0 Å². The maximum Gasteiger partial charge on any atom is 0.268 e. The van der Waals surface area contributed by atoms with E-state index in [2.05, 4.69) is 0 Å². The molecule has 3 heteroatoms. The molecule has 3 nitrogen and oxygen atoms in total. The predicted molar refractivity (Wildman–Crippen MR) is 71.3 cm³/mol. The summed E-state index contributed by atoms with van der Waals surface area (Å²) in [7, 11) is 1.66. The van der Waals surface area contributed by atoms with Gasteiger partial charge in [0, 0.05) is 18.8 Å². The summed E-state index contributed by atoms with van der Waals surface area (Å²) >= 11 is 0. The lowest BCUT2D eigenvalue weighted by Gasteiger charge is -2.12. The zero-order valence-electron chi connectivity index (χ0n) is 10.7. The minimum Gasteiger partial charge on any atom is -0.317 e. The van der Waals surface area contributed by atoms with Crippen molar-refractivity contribution < 1.29 is 0 Å². The van der Waals surface area contributed by atoms with Gasteiger partial charge in [-0.1, -0.05) is 24.3 Å². The van der Waals surface area contributed by atoms with Gasteiger partial charge in [-0.05, 0) is 30.5 Å². The number of benzene rings is 1. The van der Waals surface area contributed by atoms with Crippen LogP contribution in [-0.4, -0.2) is 4.57 Å². The average Bonchev–Trinajstić information content (AvgIpc) is 2.34. The number of aryl methyl sites for hydroxylation is 3. The smallest absolute Gasteiger partial charge is 0.268 e. The van der Waals surface area contributed by atoms with Gasteiger partial charge in [0.15, 0.2) is 0 Å². The van der Waals surface area contributed by atoms with Gasteiger partial charge in [-0.2, -0.15) is 5.26 Å². The molecule has 0 atom stereocenters. The second kappa shape index (κ2) is 4.50. The normalized spacial score (nSPS) is 10.1. The molecule has 0 unspecified atom stereocenters. The summed E-state index contributed by atoms with van der Waals surface area (Å²) in [6.45, 7) is 3.90. The highest BCUT2D eigenvalue weighted by atomic mass is 16.1. The van der Waals surface area contributed by atoms with E-state index in [1.54, 1.807) is 13.2 Å². The fraction of sp³-hybridized carbons (Fsp3) is 0.200. The first-order chi connectivity index (χ1) is 8.56. The highest BCUT2D eigenvalue weighted by molar-refractivity contribution is 5.75. The molecular weight excluding hydrogens is 224 g/mol. The number of pyridine rings is 1. The lowest BCUT2D eigenvalue weighted by Crippen LogP contribution is -2.21. The zero-order chi connectivity index (χ0) is 13.3. The molecule has 18 heavy (non-hydrogen) atoms. The molecule has 0 bridgehead atoms. The first-order valence-corrected chi connectivity index (χ1v) is 5.72. The first kappa shape index (κ1) is 12.1. The van der Waals surface area contributed by atoms with Gasteiger partial charge in [-0.25, -0.2) is 0 Å². The standard InChI is InChI=1S/C15H14N2O/c1-10-6-4-5-7-12(10)14-11(2)9-17(3)15(18)13(14)8-16/h4-7,9H,1-3H3. The molecule has 2 rings (SSSR count). The Morgan fingerprint density at radius 3 is 2.44 bits per heavy atom. The summed E-state index contributed by atoms with van der Waals surface area (Å²) in [5.74, 6) is 0. The third-order valence-corrected chi connectivity index (χ3v) is 3.09. The van der Waals surface area contributed by atoms with Gasteiger partial charge in [-0.3, -0.25) is 4.79 Å². The van der Waals surface area contributed by atoms with Crippen LogP contribution >= 0.6 is 0 Å². The van der Waals surface area contributed by atoms with Crippen LogP contribution in [0, 0.1) is 25.2 Å². The maximum atomic E-state index is 12.0. The molecule has 0 aliphatic carbocycles. The molecule has 1 aromatic heterocycles. The molecule has 90 valence electrons. The van der Waals surface area contributed by atoms with E-state index in [4.69, 9.17) is 0 Å². The van der Waals surface area contributed by atoms with Gasteiger partial charge in [0.25, 0.3) is 5.56 Å². The number of hydrogen-bond acceptors (Lipinski definition) is 2. The number of nitriles is 1. The molecule has 0 fully saturated rings. The van der Waals surface area contributed by atoms with Gasteiger partial charge >= 0.3 is 0 Å². The van der Waals surface area contributed by atoms with Gasteiger partial charge in [0.1, 0.15) is 11.6 Å². The molecule has 2 aromatic rings. The van der Waals surface area contributed by atoms with E-state index in [0.717, 1.165) is 22.3 Å². The van der Waals surface area contributed by atoms with Crippen molar-refractivity contribution in [2.24, 2.45) is 7.05 Å². The molecule has 0 aliphatic rings. The lowest BCUT2D eigenvalue weighted by molar-refractivity contribution is 0.848. The topological polar surface area (TPSA) is 45.8 Å². The van der Waals surface area contributed by atoms with Gasteiger partial charge in [0.05, 0.1) is 0 Å². The summed E-state index contributed by atoms with van der Waals surface area (Å²) in [6, 6.07) is 9.82. The van der Waals surface area contributed by atoms with Crippen LogP contribution in [0.15, 0.2) is 35.3 Å².